The van der Waals surface area contributed by atoms with Gasteiger partial charge in [-0.2, -0.15) is 5.11 Å². The number of hydrogen-bond acceptors (Lipinski definition) is 4. The van der Waals surface area contributed by atoms with E-state index in [2.05, 4.69) is 10.2 Å². The number of azo groups is 1. The topological polar surface area (TPSA) is 71.2 Å². The van der Waals surface area contributed by atoms with E-state index in [9.17, 15) is 4.79 Å². The third kappa shape index (κ3) is 1.92. The van der Waals surface area contributed by atoms with Crippen molar-refractivity contribution in [2.75, 3.05) is 0 Å². The standard InChI is InChI=1S/C9H14N2O3/c1-5(2)14-7-6(8(12)13)10-11-9(7,3)4/h5H,1-4H3,(H,12,13). The Labute approximate surface area is 82.5 Å². The highest BCUT2D eigenvalue weighted by molar-refractivity contribution is 5.87. The van der Waals surface area contributed by atoms with E-state index in [4.69, 9.17) is 9.84 Å². The number of rotatable bonds is 3. The van der Waals surface area contributed by atoms with Crippen molar-refractivity contribution in [2.45, 2.75) is 39.3 Å². The van der Waals surface area contributed by atoms with Crippen molar-refractivity contribution in [3.63, 3.8) is 0 Å². The molecule has 78 valence electrons. The monoisotopic (exact) mass is 198 g/mol. The minimum atomic E-state index is -1.10. The van der Waals surface area contributed by atoms with E-state index in [1.165, 1.54) is 0 Å². The summed E-state index contributed by atoms with van der Waals surface area (Å²) in [5, 5.41) is 16.3. The molecule has 1 aliphatic heterocycles. The van der Waals surface area contributed by atoms with Gasteiger partial charge in [0.05, 0.1) is 6.10 Å². The third-order valence-electron chi connectivity index (χ3n) is 1.73. The molecule has 0 saturated carbocycles. The lowest BCUT2D eigenvalue weighted by Gasteiger charge is -2.20. The Hall–Kier alpha value is -1.39. The molecule has 0 aromatic heterocycles. The molecule has 14 heavy (non-hydrogen) atoms. The van der Waals surface area contributed by atoms with Gasteiger partial charge in [0.25, 0.3) is 0 Å². The molecule has 0 spiro atoms. The summed E-state index contributed by atoms with van der Waals surface area (Å²) in [5.74, 6) is -0.769. The van der Waals surface area contributed by atoms with Crippen LogP contribution in [0.25, 0.3) is 0 Å². The van der Waals surface area contributed by atoms with Crippen molar-refractivity contribution in [2.24, 2.45) is 10.2 Å². The maximum absolute atomic E-state index is 10.8. The number of carboxylic acid groups (broad SMARTS) is 1. The smallest absolute Gasteiger partial charge is 0.360 e. The Kier molecular flexibility index (Phi) is 2.59. The molecule has 0 aliphatic carbocycles. The lowest BCUT2D eigenvalue weighted by molar-refractivity contribution is -0.133. The average molecular weight is 198 g/mol. The largest absolute Gasteiger partial charge is 0.490 e. The molecular weight excluding hydrogens is 184 g/mol. The molecule has 0 fully saturated rings. The molecule has 1 aliphatic rings. The summed E-state index contributed by atoms with van der Waals surface area (Å²) in [6.45, 7) is 7.20. The zero-order chi connectivity index (χ0) is 10.9. The third-order valence-corrected chi connectivity index (χ3v) is 1.73. The van der Waals surface area contributed by atoms with Gasteiger partial charge in [-0.15, -0.1) is 5.11 Å². The second-order valence-corrected chi connectivity index (χ2v) is 3.91. The minimum absolute atomic E-state index is 0.0814. The summed E-state index contributed by atoms with van der Waals surface area (Å²) in [7, 11) is 0. The second-order valence-electron chi connectivity index (χ2n) is 3.91. The Morgan fingerprint density at radius 1 is 1.50 bits per heavy atom. The first kappa shape index (κ1) is 10.7. The average Bonchev–Trinajstić information content (AvgIpc) is 2.26. The number of nitrogens with zero attached hydrogens (tertiary/aromatic N) is 2. The Morgan fingerprint density at radius 2 is 2.07 bits per heavy atom. The van der Waals surface area contributed by atoms with Crippen LogP contribution in [0.2, 0.25) is 0 Å². The van der Waals surface area contributed by atoms with Crippen LogP contribution in [0.4, 0.5) is 0 Å². The fraction of sp³-hybridized carbons (Fsp3) is 0.667. The molecule has 0 aromatic rings. The summed E-state index contributed by atoms with van der Waals surface area (Å²) in [4.78, 5) is 10.8. The van der Waals surface area contributed by atoms with Crippen LogP contribution in [0.15, 0.2) is 21.7 Å². The van der Waals surface area contributed by atoms with E-state index in [-0.39, 0.29) is 11.8 Å². The Balaban J connectivity index is 3.04. The second kappa shape index (κ2) is 3.40. The van der Waals surface area contributed by atoms with Gasteiger partial charge in [0.2, 0.25) is 5.70 Å². The van der Waals surface area contributed by atoms with Crippen LogP contribution in [0.5, 0.6) is 0 Å². The van der Waals surface area contributed by atoms with Crippen molar-refractivity contribution in [3.05, 3.63) is 11.5 Å². The molecule has 5 nitrogen and oxygen atoms in total. The van der Waals surface area contributed by atoms with Gasteiger partial charge in [-0.25, -0.2) is 4.79 Å². The highest BCUT2D eigenvalue weighted by atomic mass is 16.5. The highest BCUT2D eigenvalue weighted by Gasteiger charge is 2.37. The van der Waals surface area contributed by atoms with E-state index >= 15 is 0 Å². The van der Waals surface area contributed by atoms with Crippen molar-refractivity contribution < 1.29 is 14.6 Å². The maximum atomic E-state index is 10.8. The molecule has 0 atom stereocenters. The van der Waals surface area contributed by atoms with Gasteiger partial charge >= 0.3 is 5.97 Å². The van der Waals surface area contributed by atoms with Crippen LogP contribution in [-0.4, -0.2) is 22.7 Å². The summed E-state index contributed by atoms with van der Waals surface area (Å²) in [6, 6.07) is 0. The quantitative estimate of drug-likeness (QED) is 0.753. The molecule has 0 amide bonds. The predicted molar refractivity (Wildman–Crippen MR) is 49.8 cm³/mol. The van der Waals surface area contributed by atoms with Crippen LogP contribution >= 0.6 is 0 Å². The van der Waals surface area contributed by atoms with Gasteiger partial charge in [0, 0.05) is 0 Å². The molecule has 0 bridgehead atoms. The SMILES string of the molecule is CC(C)OC1=C(C(=O)O)N=NC1(C)C. The lowest BCUT2D eigenvalue weighted by atomic mass is 10.0. The highest BCUT2D eigenvalue weighted by Crippen LogP contribution is 2.33. The number of hydrogen-bond donors (Lipinski definition) is 1. The van der Waals surface area contributed by atoms with Crippen LogP contribution in [0, 0.1) is 0 Å². The summed E-state index contributed by atoms with van der Waals surface area (Å²) in [5.41, 5.74) is -0.762. The van der Waals surface area contributed by atoms with Crippen LogP contribution in [0.3, 0.4) is 0 Å². The molecular formula is C9H14N2O3. The van der Waals surface area contributed by atoms with Crippen molar-refractivity contribution >= 4 is 5.97 Å². The Bertz CT molecular complexity index is 316. The van der Waals surface area contributed by atoms with E-state index < -0.39 is 11.5 Å². The van der Waals surface area contributed by atoms with Gasteiger partial charge in [0.1, 0.15) is 5.54 Å². The van der Waals surface area contributed by atoms with Gasteiger partial charge in [0.15, 0.2) is 5.76 Å². The number of carbonyl (C=O) groups is 1. The van der Waals surface area contributed by atoms with Crippen molar-refractivity contribution in [1.29, 1.82) is 0 Å². The molecule has 5 heteroatoms. The molecule has 0 aromatic carbocycles. The summed E-state index contributed by atoms with van der Waals surface area (Å²) >= 11 is 0. The number of aliphatic carboxylic acids is 1. The van der Waals surface area contributed by atoms with Gasteiger partial charge in [-0.05, 0) is 27.7 Å². The van der Waals surface area contributed by atoms with Crippen LogP contribution in [0.1, 0.15) is 27.7 Å². The normalized spacial score (nSPS) is 19.2. The fourth-order valence-electron chi connectivity index (χ4n) is 1.13. The molecule has 1 rings (SSSR count). The minimum Gasteiger partial charge on any atom is -0.490 e. The van der Waals surface area contributed by atoms with Crippen LogP contribution < -0.4 is 0 Å². The van der Waals surface area contributed by atoms with Crippen LogP contribution in [-0.2, 0) is 9.53 Å². The van der Waals surface area contributed by atoms with E-state index in [1.807, 2.05) is 13.8 Å². The zero-order valence-corrected chi connectivity index (χ0v) is 8.74. The van der Waals surface area contributed by atoms with Gasteiger partial charge in [-0.1, -0.05) is 0 Å². The molecule has 1 N–H and O–H groups in total. The molecule has 0 radical (unpaired) electrons. The van der Waals surface area contributed by atoms with Gasteiger partial charge < -0.3 is 9.84 Å². The first-order chi connectivity index (χ1) is 6.34. The zero-order valence-electron chi connectivity index (χ0n) is 8.74. The molecule has 0 unspecified atom stereocenters. The summed E-state index contributed by atoms with van der Waals surface area (Å²) in [6.07, 6.45) is -0.0814. The predicted octanol–water partition coefficient (Wildman–Crippen LogP) is 1.95. The summed E-state index contributed by atoms with van der Waals surface area (Å²) < 4.78 is 5.41. The first-order valence-electron chi connectivity index (χ1n) is 4.42. The van der Waals surface area contributed by atoms with E-state index in [0.29, 0.717) is 5.76 Å². The lowest BCUT2D eigenvalue weighted by Crippen LogP contribution is -2.23. The number of carboxylic acids is 1. The van der Waals surface area contributed by atoms with E-state index in [1.54, 1.807) is 13.8 Å². The maximum Gasteiger partial charge on any atom is 0.360 e. The number of ether oxygens (including phenoxy) is 1. The fourth-order valence-corrected chi connectivity index (χ4v) is 1.13. The Morgan fingerprint density at radius 3 is 2.50 bits per heavy atom. The molecule has 0 saturated heterocycles. The van der Waals surface area contributed by atoms with Gasteiger partial charge in [-0.3, -0.25) is 0 Å². The first-order valence-corrected chi connectivity index (χ1v) is 4.42. The van der Waals surface area contributed by atoms with Crippen molar-refractivity contribution in [1.82, 2.24) is 0 Å². The van der Waals surface area contributed by atoms with E-state index in [0.717, 1.165) is 0 Å². The van der Waals surface area contributed by atoms with Crippen molar-refractivity contribution in [3.8, 4) is 0 Å². The molecule has 1 heterocycles.